The van der Waals surface area contributed by atoms with Crippen LogP contribution in [0.4, 0.5) is 5.69 Å². The first kappa shape index (κ1) is 13.6. The van der Waals surface area contributed by atoms with E-state index in [1.54, 1.807) is 25.1 Å². The summed E-state index contributed by atoms with van der Waals surface area (Å²) < 4.78 is 5.53. The predicted octanol–water partition coefficient (Wildman–Crippen LogP) is 3.55. The van der Waals surface area contributed by atoms with Crippen LogP contribution in [0, 0.1) is 21.4 Å². The van der Waals surface area contributed by atoms with Crippen molar-refractivity contribution in [2.45, 2.75) is 13.0 Å². The fraction of sp³-hybridized carbons (Fsp3) is 0.133. The highest BCUT2D eigenvalue weighted by Gasteiger charge is 2.10. The molecule has 20 heavy (non-hydrogen) atoms. The van der Waals surface area contributed by atoms with Gasteiger partial charge in [-0.3, -0.25) is 10.1 Å². The molecule has 0 heterocycles. The highest BCUT2D eigenvalue weighted by Crippen LogP contribution is 2.31. The molecule has 2 aromatic carbocycles. The molecule has 0 aliphatic rings. The van der Waals surface area contributed by atoms with Gasteiger partial charge in [0.05, 0.1) is 4.92 Å². The monoisotopic (exact) mass is 268 g/mol. The molecule has 1 atom stereocenters. The number of ether oxygens (including phenoxy) is 1. The highest BCUT2D eigenvalue weighted by molar-refractivity contribution is 5.71. The Balaban J connectivity index is 2.37. The zero-order valence-electron chi connectivity index (χ0n) is 10.8. The number of para-hydroxylation sites is 1. The number of hydrogen-bond donors (Lipinski definition) is 0. The van der Waals surface area contributed by atoms with Crippen molar-refractivity contribution in [3.63, 3.8) is 0 Å². The van der Waals surface area contributed by atoms with Crippen LogP contribution < -0.4 is 4.74 Å². The zero-order valence-corrected chi connectivity index (χ0v) is 10.8. The number of nitriles is 1. The van der Waals surface area contributed by atoms with Crippen molar-refractivity contribution in [2.24, 2.45) is 0 Å². The standard InChI is InChI=1S/C15H12N2O3/c1-11(10-16)20-15-5-3-2-4-14(15)12-6-8-13(9-7-12)17(18)19/h2-9,11H,1H3/t11-/m1/s1. The van der Waals surface area contributed by atoms with Crippen molar-refractivity contribution in [2.75, 3.05) is 0 Å². The van der Waals surface area contributed by atoms with Gasteiger partial charge in [0.25, 0.3) is 5.69 Å². The molecule has 0 aromatic heterocycles. The number of hydrogen-bond acceptors (Lipinski definition) is 4. The van der Waals surface area contributed by atoms with Crippen LogP contribution in [0.1, 0.15) is 6.92 Å². The van der Waals surface area contributed by atoms with Crippen LogP contribution in [-0.2, 0) is 0 Å². The number of rotatable bonds is 4. The van der Waals surface area contributed by atoms with Crippen LogP contribution in [0.3, 0.4) is 0 Å². The molecule has 5 heteroatoms. The summed E-state index contributed by atoms with van der Waals surface area (Å²) in [4.78, 5) is 10.2. The summed E-state index contributed by atoms with van der Waals surface area (Å²) in [7, 11) is 0. The minimum absolute atomic E-state index is 0.0394. The van der Waals surface area contributed by atoms with Gasteiger partial charge in [0, 0.05) is 17.7 Å². The van der Waals surface area contributed by atoms with Gasteiger partial charge in [-0.15, -0.1) is 0 Å². The van der Waals surface area contributed by atoms with Crippen molar-refractivity contribution < 1.29 is 9.66 Å². The van der Waals surface area contributed by atoms with E-state index < -0.39 is 11.0 Å². The Bertz CT molecular complexity index is 660. The van der Waals surface area contributed by atoms with Crippen molar-refractivity contribution in [3.8, 4) is 22.9 Å². The Labute approximate surface area is 116 Å². The van der Waals surface area contributed by atoms with Gasteiger partial charge >= 0.3 is 0 Å². The second-order valence-corrected chi connectivity index (χ2v) is 4.19. The predicted molar refractivity (Wildman–Crippen MR) is 74.2 cm³/mol. The van der Waals surface area contributed by atoms with E-state index in [0.717, 1.165) is 11.1 Å². The second-order valence-electron chi connectivity index (χ2n) is 4.19. The van der Waals surface area contributed by atoms with E-state index in [1.165, 1.54) is 12.1 Å². The smallest absolute Gasteiger partial charge is 0.269 e. The maximum absolute atomic E-state index is 10.6. The van der Waals surface area contributed by atoms with Gasteiger partial charge in [-0.05, 0) is 30.7 Å². The summed E-state index contributed by atoms with van der Waals surface area (Å²) in [5.41, 5.74) is 1.64. The molecule has 0 saturated heterocycles. The Morgan fingerprint density at radius 3 is 2.45 bits per heavy atom. The lowest BCUT2D eigenvalue weighted by atomic mass is 10.0. The molecule has 2 rings (SSSR count). The van der Waals surface area contributed by atoms with Gasteiger partial charge in [0.2, 0.25) is 0 Å². The zero-order chi connectivity index (χ0) is 14.5. The normalized spacial score (nSPS) is 11.4. The van der Waals surface area contributed by atoms with Crippen molar-refractivity contribution in [1.82, 2.24) is 0 Å². The minimum Gasteiger partial charge on any atom is -0.475 e. The molecule has 0 aliphatic heterocycles. The van der Waals surface area contributed by atoms with Gasteiger partial charge in [0.1, 0.15) is 11.8 Å². The van der Waals surface area contributed by atoms with Gasteiger partial charge in [-0.1, -0.05) is 18.2 Å². The molecule has 0 amide bonds. The molecule has 5 nitrogen and oxygen atoms in total. The largest absolute Gasteiger partial charge is 0.475 e. The molecule has 0 unspecified atom stereocenters. The van der Waals surface area contributed by atoms with Gasteiger partial charge in [-0.25, -0.2) is 0 Å². The van der Waals surface area contributed by atoms with E-state index in [-0.39, 0.29) is 5.69 Å². The first-order chi connectivity index (χ1) is 9.61. The van der Waals surface area contributed by atoms with E-state index in [9.17, 15) is 10.1 Å². The Morgan fingerprint density at radius 1 is 1.20 bits per heavy atom. The maximum Gasteiger partial charge on any atom is 0.269 e. The fourth-order valence-corrected chi connectivity index (χ4v) is 1.79. The van der Waals surface area contributed by atoms with Crippen molar-refractivity contribution in [3.05, 3.63) is 58.6 Å². The third-order valence-corrected chi connectivity index (χ3v) is 2.76. The van der Waals surface area contributed by atoms with Crippen LogP contribution in [0.15, 0.2) is 48.5 Å². The molecule has 0 saturated carbocycles. The Hall–Kier alpha value is -2.87. The number of nitrogens with zero attached hydrogens (tertiary/aromatic N) is 2. The van der Waals surface area contributed by atoms with Gasteiger partial charge in [-0.2, -0.15) is 5.26 Å². The molecule has 0 fully saturated rings. The number of non-ortho nitro benzene ring substituents is 1. The molecule has 0 N–H and O–H groups in total. The average molecular weight is 268 g/mol. The summed E-state index contributed by atoms with van der Waals surface area (Å²) in [6.45, 7) is 1.66. The molecule has 0 bridgehead atoms. The van der Waals surface area contributed by atoms with E-state index in [4.69, 9.17) is 10.00 Å². The van der Waals surface area contributed by atoms with E-state index in [0.29, 0.717) is 5.75 Å². The first-order valence-corrected chi connectivity index (χ1v) is 6.02. The van der Waals surface area contributed by atoms with Crippen LogP contribution in [0.5, 0.6) is 5.75 Å². The quantitative estimate of drug-likeness (QED) is 0.627. The highest BCUT2D eigenvalue weighted by atomic mass is 16.6. The van der Waals surface area contributed by atoms with Crippen LogP contribution in [-0.4, -0.2) is 11.0 Å². The van der Waals surface area contributed by atoms with Crippen LogP contribution in [0.2, 0.25) is 0 Å². The number of benzene rings is 2. The topological polar surface area (TPSA) is 76.2 Å². The first-order valence-electron chi connectivity index (χ1n) is 6.02. The molecule has 0 radical (unpaired) electrons. The molecular weight excluding hydrogens is 256 g/mol. The number of nitro groups is 1. The Morgan fingerprint density at radius 2 is 1.85 bits per heavy atom. The SMILES string of the molecule is C[C@H](C#N)Oc1ccccc1-c1ccc([N+](=O)[O-])cc1. The molecule has 0 aliphatic carbocycles. The van der Waals surface area contributed by atoms with Crippen LogP contribution >= 0.6 is 0 Å². The molecule has 100 valence electrons. The third-order valence-electron chi connectivity index (χ3n) is 2.76. The minimum atomic E-state index is -0.561. The van der Waals surface area contributed by atoms with Crippen molar-refractivity contribution in [1.29, 1.82) is 5.26 Å². The molecular formula is C15H12N2O3. The summed E-state index contributed by atoms with van der Waals surface area (Å²) in [5, 5.41) is 19.4. The summed E-state index contributed by atoms with van der Waals surface area (Å²) >= 11 is 0. The summed E-state index contributed by atoms with van der Waals surface area (Å²) in [6, 6.07) is 15.5. The average Bonchev–Trinajstić information content (AvgIpc) is 2.48. The molecule has 0 spiro atoms. The second kappa shape index (κ2) is 5.85. The fourth-order valence-electron chi connectivity index (χ4n) is 1.79. The lowest BCUT2D eigenvalue weighted by molar-refractivity contribution is -0.384. The third kappa shape index (κ3) is 2.93. The maximum atomic E-state index is 10.6. The summed E-state index contributed by atoms with van der Waals surface area (Å²) in [5.74, 6) is 0.579. The van der Waals surface area contributed by atoms with E-state index in [1.807, 2.05) is 24.3 Å². The van der Waals surface area contributed by atoms with Crippen molar-refractivity contribution >= 4 is 5.69 Å². The molecule has 2 aromatic rings. The summed E-state index contributed by atoms with van der Waals surface area (Å²) in [6.07, 6.45) is -0.561. The van der Waals surface area contributed by atoms with E-state index in [2.05, 4.69) is 0 Å². The van der Waals surface area contributed by atoms with Gasteiger partial charge in [0.15, 0.2) is 6.10 Å². The van der Waals surface area contributed by atoms with E-state index >= 15 is 0 Å². The Kier molecular flexibility index (Phi) is 3.96. The van der Waals surface area contributed by atoms with Crippen LogP contribution in [0.25, 0.3) is 11.1 Å². The lowest BCUT2D eigenvalue weighted by Crippen LogP contribution is -2.08. The number of nitro benzene ring substituents is 1. The lowest BCUT2D eigenvalue weighted by Gasteiger charge is -2.12. The van der Waals surface area contributed by atoms with Gasteiger partial charge < -0.3 is 4.74 Å².